The van der Waals surface area contributed by atoms with Crippen LogP contribution >= 0.6 is 0 Å². The molecule has 0 saturated heterocycles. The molecular weight excluding hydrogens is 376 g/mol. The second-order valence-electron chi connectivity index (χ2n) is 7.83. The molecule has 0 radical (unpaired) electrons. The summed E-state index contributed by atoms with van der Waals surface area (Å²) in [4.78, 5) is 26.5. The van der Waals surface area contributed by atoms with Crippen molar-refractivity contribution in [2.24, 2.45) is 0 Å². The molecule has 1 amide bonds. The fraction of sp³-hybridized carbons (Fsp3) is 0.280. The molecule has 0 saturated carbocycles. The van der Waals surface area contributed by atoms with Crippen LogP contribution < -0.4 is 15.4 Å². The van der Waals surface area contributed by atoms with E-state index in [2.05, 4.69) is 16.7 Å². The quantitative estimate of drug-likeness (QED) is 0.784. The van der Waals surface area contributed by atoms with E-state index in [0.717, 1.165) is 40.9 Å². The van der Waals surface area contributed by atoms with Gasteiger partial charge in [0, 0.05) is 34.9 Å². The minimum absolute atomic E-state index is 0.116. The molecule has 2 aromatic rings. The van der Waals surface area contributed by atoms with Crippen molar-refractivity contribution in [2.45, 2.75) is 39.0 Å². The number of Topliss-reactive ketones (excluding diaryl/α,β-unsaturated/α-hetero) is 1. The van der Waals surface area contributed by atoms with Gasteiger partial charge in [0.05, 0.1) is 12.8 Å². The number of dihydropyridines is 1. The average molecular weight is 402 g/mol. The van der Waals surface area contributed by atoms with Gasteiger partial charge in [-0.15, -0.1) is 0 Å². The maximum atomic E-state index is 13.5. The fourth-order valence-electron chi connectivity index (χ4n) is 4.40. The van der Waals surface area contributed by atoms with Gasteiger partial charge in [0.15, 0.2) is 5.78 Å². The summed E-state index contributed by atoms with van der Waals surface area (Å²) in [5, 5.41) is 6.35. The Hall–Kier alpha value is -3.34. The molecule has 0 aromatic heterocycles. The Labute approximate surface area is 176 Å². The number of para-hydroxylation sites is 2. The number of ether oxygens (including phenoxy) is 1. The molecule has 154 valence electrons. The number of nitrogens with one attached hydrogen (secondary N) is 2. The predicted octanol–water partition coefficient (Wildman–Crippen LogP) is 4.61. The maximum absolute atomic E-state index is 13.5. The van der Waals surface area contributed by atoms with Crippen LogP contribution in [0.4, 0.5) is 5.69 Å². The van der Waals surface area contributed by atoms with Crippen LogP contribution in [-0.4, -0.2) is 18.8 Å². The maximum Gasteiger partial charge on any atom is 0.254 e. The van der Waals surface area contributed by atoms with Crippen LogP contribution in [0.15, 0.2) is 71.1 Å². The average Bonchev–Trinajstić information content (AvgIpc) is 2.73. The number of hydrogen-bond donors (Lipinski definition) is 2. The zero-order valence-corrected chi connectivity index (χ0v) is 17.5. The van der Waals surface area contributed by atoms with E-state index < -0.39 is 0 Å². The first-order chi connectivity index (χ1) is 14.5. The third kappa shape index (κ3) is 3.63. The first kappa shape index (κ1) is 20.0. The van der Waals surface area contributed by atoms with Crippen molar-refractivity contribution in [2.75, 3.05) is 12.4 Å². The van der Waals surface area contributed by atoms with Gasteiger partial charge < -0.3 is 15.4 Å². The molecular formula is C25H26N2O3. The van der Waals surface area contributed by atoms with Crippen molar-refractivity contribution in [3.8, 4) is 5.75 Å². The molecule has 1 aliphatic carbocycles. The number of carbonyl (C=O) groups excluding carboxylic acids is 2. The van der Waals surface area contributed by atoms with Crippen molar-refractivity contribution in [3.05, 3.63) is 82.2 Å². The summed E-state index contributed by atoms with van der Waals surface area (Å²) in [6.45, 7) is 3.93. The Morgan fingerprint density at radius 2 is 1.90 bits per heavy atom. The Bertz CT molecular complexity index is 1080. The molecule has 1 heterocycles. The zero-order chi connectivity index (χ0) is 21.3. The van der Waals surface area contributed by atoms with Crippen molar-refractivity contribution in [1.82, 2.24) is 5.32 Å². The number of anilines is 1. The first-order valence-electron chi connectivity index (χ1n) is 10.2. The van der Waals surface area contributed by atoms with Gasteiger partial charge in [-0.3, -0.25) is 9.59 Å². The van der Waals surface area contributed by atoms with Gasteiger partial charge >= 0.3 is 0 Å². The Morgan fingerprint density at radius 1 is 1.10 bits per heavy atom. The molecule has 30 heavy (non-hydrogen) atoms. The van der Waals surface area contributed by atoms with E-state index in [1.54, 1.807) is 19.2 Å². The molecule has 2 aromatic carbocycles. The lowest BCUT2D eigenvalue weighted by Gasteiger charge is -2.34. The van der Waals surface area contributed by atoms with E-state index in [1.807, 2.05) is 44.2 Å². The largest absolute Gasteiger partial charge is 0.495 e. The van der Waals surface area contributed by atoms with Crippen LogP contribution in [0, 0.1) is 6.92 Å². The second-order valence-corrected chi connectivity index (χ2v) is 7.83. The minimum Gasteiger partial charge on any atom is -0.495 e. The lowest BCUT2D eigenvalue weighted by atomic mass is 9.75. The molecule has 4 rings (SSSR count). The topological polar surface area (TPSA) is 67.4 Å². The van der Waals surface area contributed by atoms with Crippen LogP contribution in [0.1, 0.15) is 43.2 Å². The van der Waals surface area contributed by atoms with Crippen LogP contribution in [-0.2, 0) is 9.59 Å². The summed E-state index contributed by atoms with van der Waals surface area (Å²) in [5.41, 5.74) is 5.68. The fourth-order valence-corrected chi connectivity index (χ4v) is 4.40. The van der Waals surface area contributed by atoms with Crippen molar-refractivity contribution in [3.63, 3.8) is 0 Å². The van der Waals surface area contributed by atoms with Gasteiger partial charge in [-0.25, -0.2) is 0 Å². The SMILES string of the molecule is COc1ccccc1NC(=O)C1=C(C)NC2=C(C(=O)CCC2)C1c1cccc(C)c1. The summed E-state index contributed by atoms with van der Waals surface area (Å²) in [5.74, 6) is 0.0866. The highest BCUT2D eigenvalue weighted by atomic mass is 16.5. The lowest BCUT2D eigenvalue weighted by Crippen LogP contribution is -2.35. The van der Waals surface area contributed by atoms with Crippen molar-refractivity contribution < 1.29 is 14.3 Å². The number of ketones is 1. The van der Waals surface area contributed by atoms with E-state index in [-0.39, 0.29) is 17.6 Å². The number of amides is 1. The van der Waals surface area contributed by atoms with Gasteiger partial charge in [-0.1, -0.05) is 42.0 Å². The molecule has 0 spiro atoms. The third-order valence-electron chi connectivity index (χ3n) is 5.75. The summed E-state index contributed by atoms with van der Waals surface area (Å²) in [7, 11) is 1.57. The van der Waals surface area contributed by atoms with Crippen molar-refractivity contribution in [1.29, 1.82) is 0 Å². The minimum atomic E-state index is -0.386. The van der Waals surface area contributed by atoms with E-state index >= 15 is 0 Å². The summed E-state index contributed by atoms with van der Waals surface area (Å²) in [6, 6.07) is 15.4. The first-order valence-corrected chi connectivity index (χ1v) is 10.2. The molecule has 0 fully saturated rings. The number of carbonyl (C=O) groups is 2. The summed E-state index contributed by atoms with van der Waals surface area (Å²) in [6.07, 6.45) is 2.17. The van der Waals surface area contributed by atoms with Crippen LogP contribution in [0.25, 0.3) is 0 Å². The number of aryl methyl sites for hydroxylation is 1. The highest BCUT2D eigenvalue weighted by Crippen LogP contribution is 2.42. The highest BCUT2D eigenvalue weighted by molar-refractivity contribution is 6.10. The number of rotatable bonds is 4. The number of allylic oxidation sites excluding steroid dienone is 3. The molecule has 1 aliphatic heterocycles. The molecule has 1 atom stereocenters. The third-order valence-corrected chi connectivity index (χ3v) is 5.75. The van der Waals surface area contributed by atoms with E-state index in [9.17, 15) is 9.59 Å². The summed E-state index contributed by atoms with van der Waals surface area (Å²) < 4.78 is 5.38. The second kappa shape index (κ2) is 8.19. The molecule has 5 heteroatoms. The van der Waals surface area contributed by atoms with Crippen LogP contribution in [0.5, 0.6) is 5.75 Å². The van der Waals surface area contributed by atoms with E-state index in [0.29, 0.717) is 23.4 Å². The number of benzene rings is 2. The molecule has 2 aliphatic rings. The molecule has 1 unspecified atom stereocenters. The van der Waals surface area contributed by atoms with Crippen LogP contribution in [0.2, 0.25) is 0 Å². The Kier molecular flexibility index (Phi) is 5.44. The van der Waals surface area contributed by atoms with Crippen molar-refractivity contribution >= 4 is 17.4 Å². The molecule has 0 bridgehead atoms. The Balaban J connectivity index is 1.80. The van der Waals surface area contributed by atoms with E-state index in [4.69, 9.17) is 4.74 Å². The Morgan fingerprint density at radius 3 is 2.67 bits per heavy atom. The highest BCUT2D eigenvalue weighted by Gasteiger charge is 2.38. The van der Waals surface area contributed by atoms with Gasteiger partial charge in [-0.05, 0) is 44.4 Å². The predicted molar refractivity (Wildman–Crippen MR) is 117 cm³/mol. The van der Waals surface area contributed by atoms with Crippen LogP contribution in [0.3, 0.4) is 0 Å². The van der Waals surface area contributed by atoms with Gasteiger partial charge in [0.1, 0.15) is 5.75 Å². The lowest BCUT2D eigenvalue weighted by molar-refractivity contribution is -0.116. The summed E-state index contributed by atoms with van der Waals surface area (Å²) >= 11 is 0. The number of hydrogen-bond acceptors (Lipinski definition) is 4. The van der Waals surface area contributed by atoms with Gasteiger partial charge in [-0.2, -0.15) is 0 Å². The van der Waals surface area contributed by atoms with E-state index in [1.165, 1.54) is 0 Å². The molecule has 2 N–H and O–H groups in total. The van der Waals surface area contributed by atoms with Gasteiger partial charge in [0.2, 0.25) is 0 Å². The standard InChI is InChI=1S/C25H26N2O3/c1-15-8-6-9-17(14-15)23-22(16(2)26-19-11-7-12-20(28)24(19)23)25(29)27-18-10-4-5-13-21(18)30-3/h4-6,8-10,13-14,23,26H,7,11-12H2,1-3H3,(H,27,29). The smallest absolute Gasteiger partial charge is 0.254 e. The normalized spacial score (nSPS) is 18.6. The van der Waals surface area contributed by atoms with Gasteiger partial charge in [0.25, 0.3) is 5.91 Å². The zero-order valence-electron chi connectivity index (χ0n) is 17.5. The number of methoxy groups -OCH3 is 1. The molecule has 5 nitrogen and oxygen atoms in total. The monoisotopic (exact) mass is 402 g/mol.